The maximum absolute atomic E-state index is 6.54. The number of fused-ring (bicyclic) bond motifs is 3. The zero-order valence-corrected chi connectivity index (χ0v) is 20.2. The Bertz CT molecular complexity index is 1360. The summed E-state index contributed by atoms with van der Waals surface area (Å²) in [5, 5.41) is 9.52. The van der Waals surface area contributed by atoms with Crippen LogP contribution in [0.25, 0.3) is 21.9 Å². The summed E-state index contributed by atoms with van der Waals surface area (Å²) >= 11 is 0. The average molecular weight is 435 g/mol. The largest absolute Gasteiger partial charge is 0.452 e. The van der Waals surface area contributed by atoms with E-state index in [1.165, 1.54) is 33.4 Å². The molecule has 0 aliphatic carbocycles. The highest BCUT2D eigenvalue weighted by Crippen LogP contribution is 2.40. The number of anilines is 4. The van der Waals surface area contributed by atoms with Crippen LogP contribution in [0.15, 0.2) is 65.1 Å². The predicted molar refractivity (Wildman–Crippen MR) is 142 cm³/mol. The summed E-state index contributed by atoms with van der Waals surface area (Å²) in [6, 6.07) is 21.5. The molecule has 0 unspecified atom stereocenters. The first-order chi connectivity index (χ1) is 15.8. The fraction of sp³-hybridized carbons (Fsp3) is 0.200. The van der Waals surface area contributed by atoms with Crippen LogP contribution in [0.1, 0.15) is 33.4 Å². The molecule has 0 aliphatic heterocycles. The molecule has 5 rings (SSSR count). The lowest BCUT2D eigenvalue weighted by atomic mass is 10.0. The second-order valence-corrected chi connectivity index (χ2v) is 9.26. The fourth-order valence-electron chi connectivity index (χ4n) is 5.04. The standard InChI is InChI=1S/C30H30N2O/c1-17-13-19(3)27(20(4)14-17)31-25-11-7-9-23-24-10-8-12-26(30(24)33-29(23)25)32-28-21(5)15-18(2)16-22(28)6/h7-16,31-32H,1-6H3. The molecule has 0 fully saturated rings. The molecule has 33 heavy (non-hydrogen) atoms. The van der Waals surface area contributed by atoms with Crippen molar-refractivity contribution >= 4 is 44.7 Å². The van der Waals surface area contributed by atoms with Gasteiger partial charge in [0, 0.05) is 22.1 Å². The van der Waals surface area contributed by atoms with Crippen molar-refractivity contribution in [1.82, 2.24) is 0 Å². The summed E-state index contributed by atoms with van der Waals surface area (Å²) < 4.78 is 6.54. The minimum atomic E-state index is 0.874. The predicted octanol–water partition coefficient (Wildman–Crippen LogP) is 8.92. The van der Waals surface area contributed by atoms with Crippen LogP contribution < -0.4 is 10.6 Å². The Kier molecular flexibility index (Phi) is 5.13. The molecular formula is C30H30N2O. The molecular weight excluding hydrogens is 404 g/mol. The molecule has 4 aromatic carbocycles. The van der Waals surface area contributed by atoms with Gasteiger partial charge in [-0.25, -0.2) is 0 Å². The van der Waals surface area contributed by atoms with Gasteiger partial charge in [0.15, 0.2) is 11.2 Å². The van der Waals surface area contributed by atoms with Gasteiger partial charge in [-0.3, -0.25) is 0 Å². The molecule has 0 saturated heterocycles. The van der Waals surface area contributed by atoms with Crippen LogP contribution in [-0.2, 0) is 0 Å². The van der Waals surface area contributed by atoms with Gasteiger partial charge in [0.2, 0.25) is 0 Å². The topological polar surface area (TPSA) is 37.2 Å². The number of benzene rings is 4. The lowest BCUT2D eigenvalue weighted by molar-refractivity contribution is 0.671. The number of nitrogens with one attached hydrogen (secondary N) is 2. The molecule has 3 nitrogen and oxygen atoms in total. The van der Waals surface area contributed by atoms with E-state index in [0.29, 0.717) is 0 Å². The van der Waals surface area contributed by atoms with E-state index in [4.69, 9.17) is 4.42 Å². The molecule has 0 aliphatic rings. The molecule has 0 bridgehead atoms. The quantitative estimate of drug-likeness (QED) is 0.296. The van der Waals surface area contributed by atoms with Crippen LogP contribution in [0, 0.1) is 41.5 Å². The smallest absolute Gasteiger partial charge is 0.158 e. The average Bonchev–Trinajstić information content (AvgIpc) is 3.13. The van der Waals surface area contributed by atoms with Gasteiger partial charge in [0.05, 0.1) is 11.4 Å². The van der Waals surface area contributed by atoms with Gasteiger partial charge in [-0.15, -0.1) is 0 Å². The number of rotatable bonds is 4. The number of furan rings is 1. The van der Waals surface area contributed by atoms with Gasteiger partial charge in [0.1, 0.15) is 0 Å². The van der Waals surface area contributed by atoms with Crippen molar-refractivity contribution in [2.45, 2.75) is 41.5 Å². The van der Waals surface area contributed by atoms with Crippen molar-refractivity contribution in [1.29, 1.82) is 0 Å². The SMILES string of the molecule is Cc1cc(C)c(Nc2cccc3c2oc2c(Nc4c(C)cc(C)cc4C)cccc23)c(C)c1. The first-order valence-electron chi connectivity index (χ1n) is 11.5. The summed E-state index contributed by atoms with van der Waals surface area (Å²) in [5.41, 5.74) is 13.4. The second kappa shape index (κ2) is 8.00. The normalized spacial score (nSPS) is 11.3. The minimum absolute atomic E-state index is 0.874. The number of hydrogen-bond acceptors (Lipinski definition) is 3. The molecule has 0 spiro atoms. The molecule has 0 amide bonds. The van der Waals surface area contributed by atoms with Gasteiger partial charge in [-0.1, -0.05) is 59.7 Å². The Morgan fingerprint density at radius 2 is 0.879 bits per heavy atom. The summed E-state index contributed by atoms with van der Waals surface area (Å²) in [7, 11) is 0. The van der Waals surface area contributed by atoms with Crippen LogP contribution >= 0.6 is 0 Å². The molecule has 166 valence electrons. The van der Waals surface area contributed by atoms with Crippen molar-refractivity contribution < 1.29 is 4.42 Å². The van der Waals surface area contributed by atoms with Gasteiger partial charge >= 0.3 is 0 Å². The van der Waals surface area contributed by atoms with Crippen LogP contribution in [0.4, 0.5) is 22.7 Å². The first kappa shape index (κ1) is 21.1. The molecule has 1 aromatic heterocycles. The zero-order chi connectivity index (χ0) is 23.3. The van der Waals surface area contributed by atoms with Crippen molar-refractivity contribution in [2.75, 3.05) is 10.6 Å². The Labute approximate surface area is 195 Å². The molecule has 3 heteroatoms. The molecule has 0 saturated carbocycles. The lowest BCUT2D eigenvalue weighted by Crippen LogP contribution is -1.97. The van der Waals surface area contributed by atoms with E-state index in [1.807, 2.05) is 0 Å². The van der Waals surface area contributed by atoms with E-state index in [-0.39, 0.29) is 0 Å². The van der Waals surface area contributed by atoms with E-state index < -0.39 is 0 Å². The van der Waals surface area contributed by atoms with Crippen molar-refractivity contribution in [3.8, 4) is 0 Å². The van der Waals surface area contributed by atoms with Crippen molar-refractivity contribution in [2.24, 2.45) is 0 Å². The van der Waals surface area contributed by atoms with Crippen LogP contribution in [0.3, 0.4) is 0 Å². The molecule has 0 radical (unpaired) electrons. The molecule has 5 aromatic rings. The first-order valence-corrected chi connectivity index (χ1v) is 11.5. The molecule has 1 heterocycles. The van der Waals surface area contributed by atoms with Crippen molar-refractivity contribution in [3.63, 3.8) is 0 Å². The Morgan fingerprint density at radius 1 is 0.515 bits per heavy atom. The highest BCUT2D eigenvalue weighted by atomic mass is 16.3. The third-order valence-corrected chi connectivity index (χ3v) is 6.40. The van der Waals surface area contributed by atoms with E-state index in [1.54, 1.807) is 0 Å². The number of para-hydroxylation sites is 2. The van der Waals surface area contributed by atoms with E-state index in [0.717, 1.165) is 44.7 Å². The highest BCUT2D eigenvalue weighted by Gasteiger charge is 2.16. The third-order valence-electron chi connectivity index (χ3n) is 6.40. The fourth-order valence-corrected chi connectivity index (χ4v) is 5.04. The number of hydrogen-bond donors (Lipinski definition) is 2. The Morgan fingerprint density at radius 3 is 1.24 bits per heavy atom. The summed E-state index contributed by atoms with van der Waals surface area (Å²) in [5.74, 6) is 0. The monoisotopic (exact) mass is 434 g/mol. The van der Waals surface area contributed by atoms with Gasteiger partial charge in [-0.05, 0) is 75.9 Å². The second-order valence-electron chi connectivity index (χ2n) is 9.26. The van der Waals surface area contributed by atoms with Crippen LogP contribution in [0.5, 0.6) is 0 Å². The van der Waals surface area contributed by atoms with Gasteiger partial charge < -0.3 is 15.1 Å². The van der Waals surface area contributed by atoms with E-state index in [9.17, 15) is 0 Å². The summed E-state index contributed by atoms with van der Waals surface area (Å²) in [4.78, 5) is 0. The van der Waals surface area contributed by atoms with Crippen molar-refractivity contribution in [3.05, 3.63) is 94.0 Å². The van der Waals surface area contributed by atoms with E-state index >= 15 is 0 Å². The summed E-state index contributed by atoms with van der Waals surface area (Å²) in [6.45, 7) is 12.9. The van der Waals surface area contributed by atoms with Crippen LogP contribution in [0.2, 0.25) is 0 Å². The maximum atomic E-state index is 6.54. The molecule has 0 atom stereocenters. The van der Waals surface area contributed by atoms with Crippen LogP contribution in [-0.4, -0.2) is 0 Å². The molecule has 2 N–H and O–H groups in total. The van der Waals surface area contributed by atoms with Gasteiger partial charge in [0.25, 0.3) is 0 Å². The highest BCUT2D eigenvalue weighted by molar-refractivity contribution is 6.12. The van der Waals surface area contributed by atoms with E-state index in [2.05, 4.69) is 113 Å². The lowest BCUT2D eigenvalue weighted by Gasteiger charge is -2.14. The zero-order valence-electron chi connectivity index (χ0n) is 20.2. The Hall–Kier alpha value is -3.72. The Balaban J connectivity index is 1.63. The number of aryl methyl sites for hydroxylation is 6. The maximum Gasteiger partial charge on any atom is 0.158 e. The van der Waals surface area contributed by atoms with Gasteiger partial charge in [-0.2, -0.15) is 0 Å². The minimum Gasteiger partial charge on any atom is -0.452 e. The third kappa shape index (κ3) is 3.74. The summed E-state index contributed by atoms with van der Waals surface area (Å²) in [6.07, 6.45) is 0.